The maximum Gasteiger partial charge on any atom is 0.290 e. The van der Waals surface area contributed by atoms with Crippen molar-refractivity contribution in [1.82, 2.24) is 20.3 Å². The Hall–Kier alpha value is -3.08. The summed E-state index contributed by atoms with van der Waals surface area (Å²) >= 11 is 0. The average Bonchev–Trinajstić information content (AvgIpc) is 3.05. The molecule has 1 saturated heterocycles. The molecule has 3 heterocycles. The molecule has 0 bridgehead atoms. The molecule has 23 heavy (non-hydrogen) atoms. The lowest BCUT2D eigenvalue weighted by Crippen LogP contribution is -2.49. The summed E-state index contributed by atoms with van der Waals surface area (Å²) in [5.74, 6) is 0.117. The van der Waals surface area contributed by atoms with Gasteiger partial charge in [-0.05, 0) is 18.9 Å². The second-order valence-corrected chi connectivity index (χ2v) is 5.41. The molecule has 0 aliphatic carbocycles. The Balaban J connectivity index is 1.67. The summed E-state index contributed by atoms with van der Waals surface area (Å²) < 4.78 is 0. The van der Waals surface area contributed by atoms with Crippen molar-refractivity contribution in [3.05, 3.63) is 46.3 Å². The third-order valence-corrected chi connectivity index (χ3v) is 3.80. The normalized spacial score (nSPS) is 17.5. The summed E-state index contributed by atoms with van der Waals surface area (Å²) in [6.07, 6.45) is 6.22. The molecule has 0 aromatic carbocycles. The van der Waals surface area contributed by atoms with E-state index in [2.05, 4.69) is 20.3 Å². The second kappa shape index (κ2) is 6.36. The highest BCUT2D eigenvalue weighted by Gasteiger charge is 2.24. The molecule has 1 unspecified atom stereocenters. The van der Waals surface area contributed by atoms with E-state index in [1.54, 1.807) is 6.20 Å². The lowest BCUT2D eigenvalue weighted by atomic mass is 10.1. The highest BCUT2D eigenvalue weighted by Crippen LogP contribution is 2.14. The van der Waals surface area contributed by atoms with Gasteiger partial charge in [0, 0.05) is 37.7 Å². The van der Waals surface area contributed by atoms with Crippen LogP contribution in [0.2, 0.25) is 0 Å². The third-order valence-electron chi connectivity index (χ3n) is 3.80. The number of aromatic amines is 2. The largest absolute Gasteiger partial charge is 0.356 e. The van der Waals surface area contributed by atoms with E-state index in [-0.39, 0.29) is 17.5 Å². The van der Waals surface area contributed by atoms with Crippen LogP contribution in [0.3, 0.4) is 0 Å². The molecule has 2 aromatic rings. The minimum Gasteiger partial charge on any atom is -0.356 e. The molecule has 0 spiro atoms. The van der Waals surface area contributed by atoms with Crippen LogP contribution in [0, 0.1) is 11.3 Å². The summed E-state index contributed by atoms with van der Waals surface area (Å²) in [5.41, 5.74) is 0.539. The molecule has 3 N–H and O–H groups in total. The molecule has 0 saturated carbocycles. The third kappa shape index (κ3) is 3.23. The first-order valence-corrected chi connectivity index (χ1v) is 7.35. The smallest absolute Gasteiger partial charge is 0.290 e. The van der Waals surface area contributed by atoms with Gasteiger partial charge in [-0.25, -0.2) is 4.98 Å². The molecule has 0 radical (unpaired) electrons. The molecule has 8 nitrogen and oxygen atoms in total. The predicted molar refractivity (Wildman–Crippen MR) is 83.1 cm³/mol. The van der Waals surface area contributed by atoms with E-state index in [4.69, 9.17) is 5.26 Å². The van der Waals surface area contributed by atoms with Crippen LogP contribution < -0.4 is 15.8 Å². The number of nitrogens with one attached hydrogen (secondary N) is 3. The van der Waals surface area contributed by atoms with Crippen LogP contribution in [0.1, 0.15) is 28.9 Å². The van der Waals surface area contributed by atoms with E-state index in [1.165, 1.54) is 18.5 Å². The van der Waals surface area contributed by atoms with Crippen molar-refractivity contribution < 1.29 is 4.79 Å². The Labute approximate surface area is 132 Å². The van der Waals surface area contributed by atoms with Crippen molar-refractivity contribution in [3.63, 3.8) is 0 Å². The Morgan fingerprint density at radius 3 is 3.09 bits per heavy atom. The maximum absolute atomic E-state index is 12.2. The van der Waals surface area contributed by atoms with Gasteiger partial charge in [0.05, 0.1) is 5.56 Å². The lowest BCUT2D eigenvalue weighted by Gasteiger charge is -2.33. The van der Waals surface area contributed by atoms with E-state index in [9.17, 15) is 9.59 Å². The maximum atomic E-state index is 12.2. The Bertz CT molecular complexity index is 803. The molecule has 1 atom stereocenters. The zero-order chi connectivity index (χ0) is 16.2. The van der Waals surface area contributed by atoms with Gasteiger partial charge < -0.3 is 20.2 Å². The summed E-state index contributed by atoms with van der Waals surface area (Å²) in [4.78, 5) is 35.4. The first kappa shape index (κ1) is 14.8. The zero-order valence-electron chi connectivity index (χ0n) is 12.4. The number of piperidine rings is 1. The molecular formula is C15H16N6O2. The highest BCUT2D eigenvalue weighted by atomic mass is 16.2. The van der Waals surface area contributed by atoms with Crippen LogP contribution in [-0.2, 0) is 0 Å². The van der Waals surface area contributed by atoms with Crippen molar-refractivity contribution in [1.29, 1.82) is 5.26 Å². The fourth-order valence-corrected chi connectivity index (χ4v) is 2.71. The molecule has 1 aliphatic rings. The van der Waals surface area contributed by atoms with Crippen LogP contribution in [0.25, 0.3) is 0 Å². The number of amides is 1. The van der Waals surface area contributed by atoms with Crippen molar-refractivity contribution >= 4 is 11.7 Å². The quantitative estimate of drug-likeness (QED) is 0.756. The fraction of sp³-hybridized carbons (Fsp3) is 0.333. The zero-order valence-corrected chi connectivity index (χ0v) is 12.4. The predicted octanol–water partition coefficient (Wildman–Crippen LogP) is 0.368. The van der Waals surface area contributed by atoms with Crippen LogP contribution in [0.4, 0.5) is 5.82 Å². The summed E-state index contributed by atoms with van der Waals surface area (Å²) in [6.45, 7) is 1.26. The van der Waals surface area contributed by atoms with Gasteiger partial charge in [-0.1, -0.05) is 0 Å². The first-order valence-electron chi connectivity index (χ1n) is 7.35. The lowest BCUT2D eigenvalue weighted by molar-refractivity contribution is 0.0928. The van der Waals surface area contributed by atoms with Crippen LogP contribution in [0.5, 0.6) is 0 Å². The molecular weight excluding hydrogens is 296 g/mol. The number of carbonyl (C=O) groups excluding carboxylic acids is 1. The second-order valence-electron chi connectivity index (χ2n) is 5.41. The van der Waals surface area contributed by atoms with Gasteiger partial charge in [0.25, 0.3) is 11.5 Å². The number of aromatic nitrogens is 3. The number of carbonyl (C=O) groups is 1. The van der Waals surface area contributed by atoms with Gasteiger partial charge in [-0.3, -0.25) is 9.59 Å². The molecule has 1 fully saturated rings. The molecule has 118 valence electrons. The van der Waals surface area contributed by atoms with E-state index in [1.807, 2.05) is 11.0 Å². The van der Waals surface area contributed by atoms with Gasteiger partial charge in [0.2, 0.25) is 0 Å². The van der Waals surface area contributed by atoms with Crippen LogP contribution in [0.15, 0.2) is 29.5 Å². The SMILES string of the molecule is N#Cc1c[nH]c(C(=O)NC2CCCN(c3ncc[nH]c3=O)C2)c1. The van der Waals surface area contributed by atoms with Crippen LogP contribution >= 0.6 is 0 Å². The topological polar surface area (TPSA) is 118 Å². The minimum atomic E-state index is -0.256. The standard InChI is InChI=1S/C15H16N6O2/c16-7-10-6-12(19-8-10)14(22)20-11-2-1-5-21(9-11)13-15(23)18-4-3-17-13/h3-4,6,8,11,19H,1-2,5,9H2,(H,18,23)(H,20,22). The average molecular weight is 312 g/mol. The van der Waals surface area contributed by atoms with E-state index in [0.717, 1.165) is 19.4 Å². The molecule has 1 amide bonds. The van der Waals surface area contributed by atoms with E-state index < -0.39 is 0 Å². The van der Waals surface area contributed by atoms with Gasteiger partial charge in [0.1, 0.15) is 11.8 Å². The summed E-state index contributed by atoms with van der Waals surface area (Å²) in [5, 5.41) is 11.7. The van der Waals surface area contributed by atoms with Gasteiger partial charge in [0.15, 0.2) is 5.82 Å². The van der Waals surface area contributed by atoms with Crippen molar-refractivity contribution in [2.75, 3.05) is 18.0 Å². The minimum absolute atomic E-state index is 0.0773. The number of rotatable bonds is 3. The number of nitriles is 1. The van der Waals surface area contributed by atoms with Crippen molar-refractivity contribution in [2.45, 2.75) is 18.9 Å². The fourth-order valence-electron chi connectivity index (χ4n) is 2.71. The number of hydrogen-bond donors (Lipinski definition) is 3. The Morgan fingerprint density at radius 1 is 1.48 bits per heavy atom. The number of H-pyrrole nitrogens is 2. The van der Waals surface area contributed by atoms with Gasteiger partial charge >= 0.3 is 0 Å². The highest BCUT2D eigenvalue weighted by molar-refractivity contribution is 5.93. The summed E-state index contributed by atoms with van der Waals surface area (Å²) in [7, 11) is 0. The van der Waals surface area contributed by atoms with Crippen molar-refractivity contribution in [2.24, 2.45) is 0 Å². The molecule has 2 aromatic heterocycles. The van der Waals surface area contributed by atoms with Gasteiger partial charge in [-0.2, -0.15) is 5.26 Å². The molecule has 1 aliphatic heterocycles. The van der Waals surface area contributed by atoms with Crippen LogP contribution in [-0.4, -0.2) is 40.0 Å². The molecule has 8 heteroatoms. The molecule has 3 rings (SSSR count). The Kier molecular flexibility index (Phi) is 4.10. The number of anilines is 1. The van der Waals surface area contributed by atoms with E-state index in [0.29, 0.717) is 23.6 Å². The van der Waals surface area contributed by atoms with E-state index >= 15 is 0 Å². The van der Waals surface area contributed by atoms with Crippen molar-refractivity contribution in [3.8, 4) is 6.07 Å². The van der Waals surface area contributed by atoms with Gasteiger partial charge in [-0.15, -0.1) is 0 Å². The first-order chi connectivity index (χ1) is 11.2. The summed E-state index contributed by atoms with van der Waals surface area (Å²) in [6, 6.07) is 3.41. The monoisotopic (exact) mass is 312 g/mol. The number of hydrogen-bond acceptors (Lipinski definition) is 5. The number of nitrogens with zero attached hydrogens (tertiary/aromatic N) is 3. The Morgan fingerprint density at radius 2 is 2.35 bits per heavy atom.